The molecule has 0 fully saturated rings. The Bertz CT molecular complexity index is 329. The van der Waals surface area contributed by atoms with Crippen LogP contribution in [-0.2, 0) is 0 Å². The van der Waals surface area contributed by atoms with Gasteiger partial charge in [0.25, 0.3) is 0 Å². The van der Waals surface area contributed by atoms with E-state index in [-0.39, 0.29) is 16.7 Å². The minimum absolute atomic E-state index is 0.0587. The third kappa shape index (κ3) is 3.38. The highest BCUT2D eigenvalue weighted by Gasteiger charge is 2.29. The summed E-state index contributed by atoms with van der Waals surface area (Å²) in [5, 5.41) is 2.74. The van der Waals surface area contributed by atoms with Crippen LogP contribution in [0.5, 0.6) is 0 Å². The van der Waals surface area contributed by atoms with Gasteiger partial charge in [0.2, 0.25) is 0 Å². The molecular weight excluding hydrogens is 281 g/mol. The van der Waals surface area contributed by atoms with Crippen LogP contribution in [0.25, 0.3) is 0 Å². The first kappa shape index (κ1) is 11.6. The molecule has 0 aliphatic carbocycles. The number of anilines is 1. The van der Waals surface area contributed by atoms with Crippen LogP contribution in [0.15, 0.2) is 21.6 Å². The number of halogens is 4. The van der Waals surface area contributed by atoms with E-state index in [1.54, 1.807) is 7.05 Å². The summed E-state index contributed by atoms with van der Waals surface area (Å²) in [6, 6.07) is 1.37. The smallest absolute Gasteiger partial charge is 0.372 e. The molecule has 78 valence electrons. The summed E-state index contributed by atoms with van der Waals surface area (Å²) in [4.78, 5) is 3.86. The Morgan fingerprint density at radius 2 is 2.14 bits per heavy atom. The lowest BCUT2D eigenvalue weighted by molar-refractivity contribution is -0.0328. The van der Waals surface area contributed by atoms with Crippen molar-refractivity contribution in [3.05, 3.63) is 16.7 Å². The molecule has 0 aliphatic rings. The molecule has 0 aromatic carbocycles. The first-order valence-corrected chi connectivity index (χ1v) is 5.12. The van der Waals surface area contributed by atoms with Crippen molar-refractivity contribution in [1.29, 1.82) is 0 Å². The highest BCUT2D eigenvalue weighted by Crippen LogP contribution is 2.38. The van der Waals surface area contributed by atoms with Crippen LogP contribution >= 0.6 is 27.7 Å². The summed E-state index contributed by atoms with van der Waals surface area (Å²) in [6.07, 6.45) is 1.18. The fourth-order valence-electron chi connectivity index (χ4n) is 0.794. The van der Waals surface area contributed by atoms with Crippen LogP contribution in [0.4, 0.5) is 19.0 Å². The van der Waals surface area contributed by atoms with Crippen molar-refractivity contribution in [3.63, 3.8) is 0 Å². The topological polar surface area (TPSA) is 24.9 Å². The number of alkyl halides is 3. The Morgan fingerprint density at radius 3 is 2.57 bits per heavy atom. The zero-order chi connectivity index (χ0) is 10.8. The Balaban J connectivity index is 2.87. The molecule has 1 aromatic rings. The second-order valence-corrected chi connectivity index (χ2v) is 4.29. The average Bonchev–Trinajstić information content (AvgIpc) is 2.01. The van der Waals surface area contributed by atoms with Crippen molar-refractivity contribution in [2.45, 2.75) is 10.4 Å². The van der Waals surface area contributed by atoms with Gasteiger partial charge in [-0.1, -0.05) is 0 Å². The predicted molar refractivity (Wildman–Crippen MR) is 53.4 cm³/mol. The van der Waals surface area contributed by atoms with Crippen molar-refractivity contribution >= 4 is 33.5 Å². The third-order valence-electron chi connectivity index (χ3n) is 1.29. The van der Waals surface area contributed by atoms with Crippen LogP contribution < -0.4 is 5.32 Å². The first-order valence-electron chi connectivity index (χ1n) is 3.51. The molecule has 14 heavy (non-hydrogen) atoms. The highest BCUT2D eigenvalue weighted by molar-refractivity contribution is 9.10. The van der Waals surface area contributed by atoms with E-state index < -0.39 is 5.51 Å². The molecule has 1 heterocycles. The van der Waals surface area contributed by atoms with E-state index in [0.29, 0.717) is 10.3 Å². The zero-order valence-electron chi connectivity index (χ0n) is 7.02. The van der Waals surface area contributed by atoms with E-state index in [9.17, 15) is 13.2 Å². The molecule has 0 unspecified atom stereocenters. The van der Waals surface area contributed by atoms with E-state index in [4.69, 9.17) is 0 Å². The Morgan fingerprint density at radius 1 is 1.50 bits per heavy atom. The molecule has 0 radical (unpaired) electrons. The zero-order valence-corrected chi connectivity index (χ0v) is 9.42. The maximum atomic E-state index is 12.0. The molecule has 0 atom stereocenters. The molecule has 2 nitrogen and oxygen atoms in total. The number of rotatable bonds is 2. The highest BCUT2D eigenvalue weighted by atomic mass is 79.9. The van der Waals surface area contributed by atoms with Crippen LogP contribution in [-0.4, -0.2) is 17.5 Å². The maximum absolute atomic E-state index is 12.0. The van der Waals surface area contributed by atoms with Crippen LogP contribution in [0.3, 0.4) is 0 Å². The molecule has 0 amide bonds. The summed E-state index contributed by atoms with van der Waals surface area (Å²) >= 11 is 2.92. The summed E-state index contributed by atoms with van der Waals surface area (Å²) in [7, 11) is 1.64. The summed E-state index contributed by atoms with van der Waals surface area (Å²) in [5.41, 5.74) is -4.28. The van der Waals surface area contributed by atoms with Crippen LogP contribution in [0.1, 0.15) is 0 Å². The van der Waals surface area contributed by atoms with Gasteiger partial charge in [0.15, 0.2) is 0 Å². The third-order valence-corrected chi connectivity index (χ3v) is 2.58. The molecular formula is C7H6BrF3N2S. The second-order valence-electron chi connectivity index (χ2n) is 2.30. The minimum Gasteiger partial charge on any atom is -0.372 e. The Labute approximate surface area is 91.4 Å². The Hall–Kier alpha value is -0.430. The van der Waals surface area contributed by atoms with E-state index in [1.165, 1.54) is 12.3 Å². The lowest BCUT2D eigenvalue weighted by atomic mass is 10.5. The molecule has 1 rings (SSSR count). The van der Waals surface area contributed by atoms with Gasteiger partial charge in [-0.2, -0.15) is 13.2 Å². The molecule has 0 spiro atoms. The van der Waals surface area contributed by atoms with Gasteiger partial charge in [-0.15, -0.1) is 0 Å². The van der Waals surface area contributed by atoms with Crippen LogP contribution in [0, 0.1) is 0 Å². The van der Waals surface area contributed by atoms with Gasteiger partial charge in [0.1, 0.15) is 5.82 Å². The average molecular weight is 287 g/mol. The Kier molecular flexibility index (Phi) is 3.65. The van der Waals surface area contributed by atoms with E-state index in [2.05, 4.69) is 26.2 Å². The number of aromatic nitrogens is 1. The molecule has 0 bridgehead atoms. The van der Waals surface area contributed by atoms with E-state index >= 15 is 0 Å². The fourth-order valence-corrected chi connectivity index (χ4v) is 2.04. The van der Waals surface area contributed by atoms with Crippen molar-refractivity contribution in [3.8, 4) is 0 Å². The number of thioether (sulfide) groups is 1. The molecule has 0 aliphatic heterocycles. The van der Waals surface area contributed by atoms with Crippen molar-refractivity contribution in [1.82, 2.24) is 4.98 Å². The van der Waals surface area contributed by atoms with Gasteiger partial charge in [-0.25, -0.2) is 4.98 Å². The predicted octanol–water partition coefficient (Wildman–Crippen LogP) is 3.50. The summed E-state index contributed by atoms with van der Waals surface area (Å²) in [6.45, 7) is 0. The monoisotopic (exact) mass is 286 g/mol. The lowest BCUT2D eigenvalue weighted by Crippen LogP contribution is -2.00. The SMILES string of the molecule is CNc1ncc(SC(F)(F)F)cc1Br. The standard InChI is InChI=1S/C7H6BrF3N2S/c1-12-6-5(8)2-4(3-13-6)14-7(9,10)11/h2-3H,1H3,(H,12,13). The van der Waals surface area contributed by atoms with Crippen molar-refractivity contribution in [2.24, 2.45) is 0 Å². The molecule has 7 heteroatoms. The molecule has 0 saturated carbocycles. The van der Waals surface area contributed by atoms with Crippen molar-refractivity contribution < 1.29 is 13.2 Å². The van der Waals surface area contributed by atoms with Gasteiger partial charge in [-0.05, 0) is 33.8 Å². The first-order chi connectivity index (χ1) is 6.42. The number of hydrogen-bond acceptors (Lipinski definition) is 3. The van der Waals surface area contributed by atoms with Crippen molar-refractivity contribution in [2.75, 3.05) is 12.4 Å². The minimum atomic E-state index is -4.28. The quantitative estimate of drug-likeness (QED) is 0.843. The summed E-state index contributed by atoms with van der Waals surface area (Å²) in [5.74, 6) is 0.511. The number of hydrogen-bond donors (Lipinski definition) is 1. The van der Waals surface area contributed by atoms with E-state index in [1.807, 2.05) is 0 Å². The van der Waals surface area contributed by atoms with E-state index in [0.717, 1.165) is 0 Å². The van der Waals surface area contributed by atoms with Gasteiger partial charge in [-0.3, -0.25) is 0 Å². The molecule has 1 N–H and O–H groups in total. The second kappa shape index (κ2) is 4.39. The van der Waals surface area contributed by atoms with Gasteiger partial charge in [0, 0.05) is 18.1 Å². The van der Waals surface area contributed by atoms with Gasteiger partial charge >= 0.3 is 5.51 Å². The fraction of sp³-hybridized carbons (Fsp3) is 0.286. The molecule has 1 aromatic heterocycles. The lowest BCUT2D eigenvalue weighted by Gasteiger charge is -2.07. The van der Waals surface area contributed by atoms with Gasteiger partial charge < -0.3 is 5.32 Å². The number of nitrogens with zero attached hydrogens (tertiary/aromatic N) is 1. The van der Waals surface area contributed by atoms with Crippen LogP contribution in [0.2, 0.25) is 0 Å². The molecule has 0 saturated heterocycles. The largest absolute Gasteiger partial charge is 0.446 e. The van der Waals surface area contributed by atoms with Gasteiger partial charge in [0.05, 0.1) is 4.47 Å². The number of pyridine rings is 1. The normalized spacial score (nSPS) is 11.5. The summed E-state index contributed by atoms with van der Waals surface area (Å²) < 4.78 is 36.4. The maximum Gasteiger partial charge on any atom is 0.446 e. The number of nitrogens with one attached hydrogen (secondary N) is 1.